The van der Waals surface area contributed by atoms with Crippen LogP contribution in [0.3, 0.4) is 0 Å². The van der Waals surface area contributed by atoms with Gasteiger partial charge in [0.1, 0.15) is 17.6 Å². The minimum absolute atomic E-state index is 0.0261. The number of rotatable bonds is 6. The summed E-state index contributed by atoms with van der Waals surface area (Å²) in [4.78, 5) is 17.8. The molecular formula is C21H19BrN4O2. The van der Waals surface area contributed by atoms with E-state index in [0.29, 0.717) is 22.5 Å². The number of hydrogen-bond acceptors (Lipinski definition) is 5. The molecule has 0 amide bonds. The van der Waals surface area contributed by atoms with Gasteiger partial charge in [0.2, 0.25) is 0 Å². The second-order valence-corrected chi connectivity index (χ2v) is 7.24. The van der Waals surface area contributed by atoms with E-state index < -0.39 is 0 Å². The third-order valence-corrected chi connectivity index (χ3v) is 4.86. The van der Waals surface area contributed by atoms with Crippen molar-refractivity contribution in [2.24, 2.45) is 5.10 Å². The smallest absolute Gasteiger partial charge is 0.282 e. The molecule has 1 atom stereocenters. The Balaban J connectivity index is 2.08. The van der Waals surface area contributed by atoms with Crippen molar-refractivity contribution in [3.63, 3.8) is 0 Å². The summed E-state index contributed by atoms with van der Waals surface area (Å²) >= 11 is 3.41. The van der Waals surface area contributed by atoms with Crippen LogP contribution < -0.4 is 10.3 Å². The minimum atomic E-state index is -0.213. The molecule has 0 saturated heterocycles. The maximum absolute atomic E-state index is 13.1. The first-order valence-corrected chi connectivity index (χ1v) is 9.69. The maximum Gasteiger partial charge on any atom is 0.282 e. The normalized spacial score (nSPS) is 12.2. The molecule has 1 aromatic heterocycles. The summed E-state index contributed by atoms with van der Waals surface area (Å²) < 4.78 is 7.49. The lowest BCUT2D eigenvalue weighted by Gasteiger charge is -2.14. The van der Waals surface area contributed by atoms with Crippen molar-refractivity contribution in [3.8, 4) is 11.8 Å². The molecule has 1 heterocycles. The Morgan fingerprint density at radius 1 is 1.36 bits per heavy atom. The van der Waals surface area contributed by atoms with E-state index in [-0.39, 0.29) is 18.1 Å². The van der Waals surface area contributed by atoms with Crippen LogP contribution in [0, 0.1) is 11.3 Å². The van der Waals surface area contributed by atoms with Crippen molar-refractivity contribution in [3.05, 3.63) is 68.7 Å². The highest BCUT2D eigenvalue weighted by molar-refractivity contribution is 9.10. The molecule has 0 bridgehead atoms. The van der Waals surface area contributed by atoms with Crippen molar-refractivity contribution in [1.82, 2.24) is 9.66 Å². The van der Waals surface area contributed by atoms with E-state index >= 15 is 0 Å². The van der Waals surface area contributed by atoms with E-state index in [0.717, 1.165) is 16.5 Å². The largest absolute Gasteiger partial charge is 0.479 e. The van der Waals surface area contributed by atoms with Crippen molar-refractivity contribution in [2.45, 2.75) is 26.2 Å². The number of ether oxygens (including phenoxy) is 1. The fourth-order valence-corrected chi connectivity index (χ4v) is 3.06. The predicted octanol–water partition coefficient (Wildman–Crippen LogP) is 4.46. The number of nitriles is 1. The third kappa shape index (κ3) is 4.29. The molecule has 28 heavy (non-hydrogen) atoms. The molecule has 0 saturated carbocycles. The minimum Gasteiger partial charge on any atom is -0.479 e. The van der Waals surface area contributed by atoms with Crippen molar-refractivity contribution in [1.29, 1.82) is 5.26 Å². The molecule has 0 radical (unpaired) electrons. The molecule has 0 spiro atoms. The Labute approximate surface area is 171 Å². The van der Waals surface area contributed by atoms with Gasteiger partial charge in [-0.1, -0.05) is 41.9 Å². The van der Waals surface area contributed by atoms with Gasteiger partial charge in [-0.15, -0.1) is 0 Å². The lowest BCUT2D eigenvalue weighted by molar-refractivity contribution is 0.368. The number of halogens is 1. The molecule has 142 valence electrons. The number of nitrogens with zero attached hydrogens (tertiary/aromatic N) is 4. The van der Waals surface area contributed by atoms with Crippen LogP contribution in [0.2, 0.25) is 0 Å². The average molecular weight is 439 g/mol. The Morgan fingerprint density at radius 2 is 2.18 bits per heavy atom. The van der Waals surface area contributed by atoms with Crippen LogP contribution in [0.15, 0.2) is 56.8 Å². The van der Waals surface area contributed by atoms with Crippen molar-refractivity contribution >= 4 is 33.0 Å². The highest BCUT2D eigenvalue weighted by atomic mass is 79.9. The summed E-state index contributed by atoms with van der Waals surface area (Å²) in [5, 5.41) is 13.6. The zero-order valence-electron chi connectivity index (χ0n) is 15.6. The first-order valence-electron chi connectivity index (χ1n) is 8.90. The van der Waals surface area contributed by atoms with Crippen LogP contribution in [-0.4, -0.2) is 22.5 Å². The fourth-order valence-electron chi connectivity index (χ4n) is 2.70. The van der Waals surface area contributed by atoms with Crippen LogP contribution in [0.4, 0.5) is 0 Å². The Bertz CT molecular complexity index is 1130. The molecule has 7 heteroatoms. The molecule has 0 unspecified atom stereocenters. The summed E-state index contributed by atoms with van der Waals surface area (Å²) in [5.74, 6) is 1.26. The summed E-state index contributed by atoms with van der Waals surface area (Å²) in [5.41, 5.74) is 1.20. The van der Waals surface area contributed by atoms with Gasteiger partial charge in [-0.2, -0.15) is 15.0 Å². The molecule has 0 fully saturated rings. The van der Waals surface area contributed by atoms with Gasteiger partial charge in [-0.3, -0.25) is 4.79 Å². The van der Waals surface area contributed by atoms with E-state index in [1.54, 1.807) is 24.4 Å². The van der Waals surface area contributed by atoms with Gasteiger partial charge in [0.25, 0.3) is 5.56 Å². The average Bonchev–Trinajstić information content (AvgIpc) is 2.71. The zero-order chi connectivity index (χ0) is 20.1. The summed E-state index contributed by atoms with van der Waals surface area (Å²) in [6.45, 7) is 4.04. The number of aromatic nitrogens is 2. The molecule has 0 aliphatic carbocycles. The SMILES string of the molecule is CC[C@H](C)c1nc2ccc(Br)cc2c(=O)n1N=Cc1cccc(OCC#N)c1. The zero-order valence-corrected chi connectivity index (χ0v) is 17.2. The van der Waals surface area contributed by atoms with Crippen molar-refractivity contribution in [2.75, 3.05) is 6.61 Å². The van der Waals surface area contributed by atoms with E-state index in [1.165, 1.54) is 4.68 Å². The second-order valence-electron chi connectivity index (χ2n) is 6.32. The van der Waals surface area contributed by atoms with Crippen LogP contribution in [-0.2, 0) is 0 Å². The number of hydrogen-bond donors (Lipinski definition) is 0. The maximum atomic E-state index is 13.1. The van der Waals surface area contributed by atoms with Gasteiger partial charge in [-0.25, -0.2) is 4.98 Å². The Hall–Kier alpha value is -2.98. The summed E-state index contributed by atoms with van der Waals surface area (Å²) in [6.07, 6.45) is 2.43. The first-order chi connectivity index (χ1) is 13.5. The molecule has 3 aromatic rings. The highest BCUT2D eigenvalue weighted by Gasteiger charge is 2.15. The number of fused-ring (bicyclic) bond motifs is 1. The highest BCUT2D eigenvalue weighted by Crippen LogP contribution is 2.21. The molecule has 0 aliphatic heterocycles. The summed E-state index contributed by atoms with van der Waals surface area (Å²) in [7, 11) is 0. The standard InChI is InChI=1S/C21H19BrN4O2/c1-3-14(2)20-25-19-8-7-16(22)12-18(19)21(27)26(20)24-13-15-5-4-6-17(11-15)28-10-9-23/h4-8,11-14H,3,10H2,1-2H3/t14-/m0/s1. The molecular weight excluding hydrogens is 420 g/mol. The van der Waals surface area contributed by atoms with E-state index in [2.05, 4.69) is 26.0 Å². The van der Waals surface area contributed by atoms with Gasteiger partial charge in [0.05, 0.1) is 17.1 Å². The lowest BCUT2D eigenvalue weighted by atomic mass is 10.1. The summed E-state index contributed by atoms with van der Waals surface area (Å²) in [6, 6.07) is 14.6. The van der Waals surface area contributed by atoms with Gasteiger partial charge in [-0.05, 0) is 42.3 Å². The van der Waals surface area contributed by atoms with E-state index in [1.807, 2.05) is 44.2 Å². The first kappa shape index (κ1) is 19.8. The monoisotopic (exact) mass is 438 g/mol. The van der Waals surface area contributed by atoms with Crippen LogP contribution in [0.25, 0.3) is 10.9 Å². The van der Waals surface area contributed by atoms with Crippen LogP contribution in [0.5, 0.6) is 5.75 Å². The molecule has 6 nitrogen and oxygen atoms in total. The van der Waals surface area contributed by atoms with Gasteiger partial charge >= 0.3 is 0 Å². The molecule has 2 aromatic carbocycles. The lowest BCUT2D eigenvalue weighted by Crippen LogP contribution is -2.23. The molecule has 3 rings (SSSR count). The Kier molecular flexibility index (Phi) is 6.22. The van der Waals surface area contributed by atoms with E-state index in [9.17, 15) is 4.79 Å². The number of benzene rings is 2. The molecule has 0 aliphatic rings. The molecule has 0 N–H and O–H groups in total. The van der Waals surface area contributed by atoms with Gasteiger partial charge in [0, 0.05) is 10.4 Å². The van der Waals surface area contributed by atoms with Gasteiger partial charge < -0.3 is 4.74 Å². The van der Waals surface area contributed by atoms with Crippen LogP contribution >= 0.6 is 15.9 Å². The van der Waals surface area contributed by atoms with Crippen molar-refractivity contribution < 1.29 is 4.74 Å². The van der Waals surface area contributed by atoms with Crippen LogP contribution in [0.1, 0.15) is 37.6 Å². The van der Waals surface area contributed by atoms with E-state index in [4.69, 9.17) is 10.00 Å². The van der Waals surface area contributed by atoms with Gasteiger partial charge in [0.15, 0.2) is 6.61 Å². The predicted molar refractivity (Wildman–Crippen MR) is 113 cm³/mol. The second kappa shape index (κ2) is 8.81. The quantitative estimate of drug-likeness (QED) is 0.532. The Morgan fingerprint density at radius 3 is 2.93 bits per heavy atom. The topological polar surface area (TPSA) is 80.3 Å². The fraction of sp³-hybridized carbons (Fsp3) is 0.238. The third-order valence-electron chi connectivity index (χ3n) is 4.37.